The first-order chi connectivity index (χ1) is 10.6. The van der Waals surface area contributed by atoms with Gasteiger partial charge in [-0.05, 0) is 30.8 Å². The number of piperazine rings is 1. The number of carbonyl (C=O) groups excluding carboxylic acids is 2. The van der Waals surface area contributed by atoms with Crippen LogP contribution in [-0.4, -0.2) is 65.8 Å². The topological polar surface area (TPSA) is 43.9 Å². The largest absolute Gasteiger partial charge is 0.339 e. The van der Waals surface area contributed by atoms with Crippen LogP contribution in [0, 0.1) is 0 Å². The summed E-state index contributed by atoms with van der Waals surface area (Å²) in [5.41, 5.74) is 0. The Bertz CT molecular complexity index is 524. The standard InChI is InChI=1S/C16H23N3O2S/c1-13(20)17-7-9-18(10-8-17)16(21)12-19-6-2-4-14(19)15-5-3-11-22-15/h3,5,11,14H,2,4,6-10,12H2,1H3. The molecular formula is C16H23N3O2S. The predicted octanol–water partition coefficient (Wildman–Crippen LogP) is 1.58. The molecule has 2 saturated heterocycles. The van der Waals surface area contributed by atoms with E-state index in [2.05, 4.69) is 22.4 Å². The van der Waals surface area contributed by atoms with Crippen molar-refractivity contribution in [1.82, 2.24) is 14.7 Å². The smallest absolute Gasteiger partial charge is 0.236 e. The Balaban J connectivity index is 1.54. The summed E-state index contributed by atoms with van der Waals surface area (Å²) in [6, 6.07) is 4.66. The van der Waals surface area contributed by atoms with Crippen LogP contribution in [0.3, 0.4) is 0 Å². The molecule has 6 heteroatoms. The van der Waals surface area contributed by atoms with Crippen molar-refractivity contribution in [3.05, 3.63) is 22.4 Å². The first-order valence-electron chi connectivity index (χ1n) is 7.96. The summed E-state index contributed by atoms with van der Waals surface area (Å²) in [7, 11) is 0. The van der Waals surface area contributed by atoms with Gasteiger partial charge in [0.05, 0.1) is 6.54 Å². The number of amides is 2. The van der Waals surface area contributed by atoms with E-state index >= 15 is 0 Å². The molecule has 2 amide bonds. The van der Waals surface area contributed by atoms with Gasteiger partial charge in [0.15, 0.2) is 0 Å². The van der Waals surface area contributed by atoms with Crippen molar-refractivity contribution in [2.45, 2.75) is 25.8 Å². The van der Waals surface area contributed by atoms with Crippen molar-refractivity contribution in [2.24, 2.45) is 0 Å². The number of thiophene rings is 1. The third-order valence-corrected chi connectivity index (χ3v) is 5.62. The van der Waals surface area contributed by atoms with Gasteiger partial charge >= 0.3 is 0 Å². The summed E-state index contributed by atoms with van der Waals surface area (Å²) in [6.07, 6.45) is 2.31. The molecule has 0 saturated carbocycles. The molecule has 2 fully saturated rings. The number of hydrogen-bond acceptors (Lipinski definition) is 4. The van der Waals surface area contributed by atoms with E-state index in [4.69, 9.17) is 0 Å². The molecule has 0 aromatic carbocycles. The highest BCUT2D eigenvalue weighted by molar-refractivity contribution is 7.10. The fraction of sp³-hybridized carbons (Fsp3) is 0.625. The molecule has 1 unspecified atom stereocenters. The number of carbonyl (C=O) groups is 2. The quantitative estimate of drug-likeness (QED) is 0.849. The Kier molecular flexibility index (Phi) is 4.78. The van der Waals surface area contributed by atoms with Crippen molar-refractivity contribution >= 4 is 23.2 Å². The lowest BCUT2D eigenvalue weighted by Gasteiger charge is -2.35. The highest BCUT2D eigenvalue weighted by Gasteiger charge is 2.30. The lowest BCUT2D eigenvalue weighted by atomic mass is 10.2. The summed E-state index contributed by atoms with van der Waals surface area (Å²) in [6.45, 7) is 5.74. The van der Waals surface area contributed by atoms with Crippen LogP contribution in [0.15, 0.2) is 17.5 Å². The monoisotopic (exact) mass is 321 g/mol. The van der Waals surface area contributed by atoms with Crippen LogP contribution in [-0.2, 0) is 9.59 Å². The van der Waals surface area contributed by atoms with Gasteiger partial charge in [0.1, 0.15) is 0 Å². The van der Waals surface area contributed by atoms with Gasteiger partial charge in [-0.2, -0.15) is 0 Å². The molecule has 22 heavy (non-hydrogen) atoms. The zero-order valence-electron chi connectivity index (χ0n) is 13.0. The highest BCUT2D eigenvalue weighted by atomic mass is 32.1. The minimum Gasteiger partial charge on any atom is -0.339 e. The molecule has 120 valence electrons. The molecule has 1 atom stereocenters. The normalized spacial score (nSPS) is 23.0. The molecule has 0 radical (unpaired) electrons. The summed E-state index contributed by atoms with van der Waals surface area (Å²) < 4.78 is 0. The van der Waals surface area contributed by atoms with Gasteiger partial charge in [-0.25, -0.2) is 0 Å². The van der Waals surface area contributed by atoms with Crippen LogP contribution < -0.4 is 0 Å². The Morgan fingerprint density at radius 2 is 1.91 bits per heavy atom. The minimum atomic E-state index is 0.101. The van der Waals surface area contributed by atoms with Gasteiger partial charge in [0.25, 0.3) is 0 Å². The van der Waals surface area contributed by atoms with Crippen molar-refractivity contribution < 1.29 is 9.59 Å². The SMILES string of the molecule is CC(=O)N1CCN(C(=O)CN2CCCC2c2cccs2)CC1. The molecule has 0 N–H and O–H groups in total. The lowest BCUT2D eigenvalue weighted by Crippen LogP contribution is -2.52. The zero-order chi connectivity index (χ0) is 15.5. The molecule has 5 nitrogen and oxygen atoms in total. The second-order valence-corrected chi connectivity index (χ2v) is 7.01. The van der Waals surface area contributed by atoms with E-state index in [1.165, 1.54) is 4.88 Å². The van der Waals surface area contributed by atoms with E-state index < -0.39 is 0 Å². The second-order valence-electron chi connectivity index (χ2n) is 6.03. The van der Waals surface area contributed by atoms with Gasteiger partial charge in [0, 0.05) is 44.0 Å². The third-order valence-electron chi connectivity index (χ3n) is 4.65. The van der Waals surface area contributed by atoms with Gasteiger partial charge in [-0.1, -0.05) is 6.07 Å². The molecule has 3 rings (SSSR count). The van der Waals surface area contributed by atoms with Crippen LogP contribution >= 0.6 is 11.3 Å². The van der Waals surface area contributed by atoms with E-state index in [9.17, 15) is 9.59 Å². The van der Waals surface area contributed by atoms with E-state index in [1.807, 2.05) is 9.80 Å². The lowest BCUT2D eigenvalue weighted by molar-refractivity contribution is -0.139. The fourth-order valence-corrected chi connectivity index (χ4v) is 4.26. The summed E-state index contributed by atoms with van der Waals surface area (Å²) in [4.78, 5) is 31.3. The molecule has 3 heterocycles. The maximum absolute atomic E-state index is 12.5. The minimum absolute atomic E-state index is 0.101. The van der Waals surface area contributed by atoms with Gasteiger partial charge < -0.3 is 9.80 Å². The molecule has 0 aliphatic carbocycles. The first kappa shape index (κ1) is 15.5. The van der Waals surface area contributed by atoms with Crippen molar-refractivity contribution in [3.63, 3.8) is 0 Å². The molecule has 1 aromatic rings. The zero-order valence-corrected chi connectivity index (χ0v) is 13.8. The molecular weight excluding hydrogens is 298 g/mol. The Morgan fingerprint density at radius 3 is 2.55 bits per heavy atom. The summed E-state index contributed by atoms with van der Waals surface area (Å²) >= 11 is 1.78. The van der Waals surface area contributed by atoms with Crippen LogP contribution in [0.1, 0.15) is 30.7 Å². The average molecular weight is 321 g/mol. The molecule has 2 aliphatic rings. The first-order valence-corrected chi connectivity index (χ1v) is 8.84. The van der Waals surface area contributed by atoms with E-state index in [0.29, 0.717) is 38.8 Å². The molecule has 1 aromatic heterocycles. The van der Waals surface area contributed by atoms with Crippen LogP contribution in [0.2, 0.25) is 0 Å². The molecule has 2 aliphatic heterocycles. The van der Waals surface area contributed by atoms with Gasteiger partial charge in [-0.3, -0.25) is 14.5 Å². The van der Waals surface area contributed by atoms with E-state index in [0.717, 1.165) is 19.4 Å². The Labute approximate surface area is 135 Å². The Morgan fingerprint density at radius 1 is 1.18 bits per heavy atom. The second kappa shape index (κ2) is 6.79. The third kappa shape index (κ3) is 3.33. The molecule has 0 bridgehead atoms. The fourth-order valence-electron chi connectivity index (χ4n) is 3.36. The Hall–Kier alpha value is -1.40. The maximum Gasteiger partial charge on any atom is 0.236 e. The van der Waals surface area contributed by atoms with Crippen molar-refractivity contribution in [2.75, 3.05) is 39.3 Å². The highest BCUT2D eigenvalue weighted by Crippen LogP contribution is 2.34. The van der Waals surface area contributed by atoms with Crippen molar-refractivity contribution in [3.8, 4) is 0 Å². The van der Waals surface area contributed by atoms with Gasteiger partial charge in [-0.15, -0.1) is 11.3 Å². The summed E-state index contributed by atoms with van der Waals surface area (Å²) in [5.74, 6) is 0.302. The number of likely N-dealkylation sites (tertiary alicyclic amines) is 1. The van der Waals surface area contributed by atoms with Crippen LogP contribution in [0.25, 0.3) is 0 Å². The van der Waals surface area contributed by atoms with Crippen LogP contribution in [0.4, 0.5) is 0 Å². The van der Waals surface area contributed by atoms with E-state index in [-0.39, 0.29) is 11.8 Å². The van der Waals surface area contributed by atoms with E-state index in [1.54, 1.807) is 18.3 Å². The summed E-state index contributed by atoms with van der Waals surface area (Å²) in [5, 5.41) is 2.11. The number of rotatable bonds is 3. The van der Waals surface area contributed by atoms with Crippen LogP contribution in [0.5, 0.6) is 0 Å². The van der Waals surface area contributed by atoms with Crippen molar-refractivity contribution in [1.29, 1.82) is 0 Å². The number of hydrogen-bond donors (Lipinski definition) is 0. The predicted molar refractivity (Wildman–Crippen MR) is 86.7 cm³/mol. The average Bonchev–Trinajstić information content (AvgIpc) is 3.18. The van der Waals surface area contributed by atoms with Gasteiger partial charge in [0.2, 0.25) is 11.8 Å². The maximum atomic E-state index is 12.5. The molecule has 0 spiro atoms. The number of nitrogens with zero attached hydrogens (tertiary/aromatic N) is 3.